The Kier molecular flexibility index (Phi) is 12.1. The minimum absolute atomic E-state index is 0. The largest absolute Gasteiger partial charge is 1.00 e. The topological polar surface area (TPSA) is 52.2 Å². The summed E-state index contributed by atoms with van der Waals surface area (Å²) in [6.45, 7) is 4.40. The van der Waals surface area contributed by atoms with Crippen LogP contribution in [-0.2, 0) is 4.79 Å². The zero-order chi connectivity index (χ0) is 7.98. The van der Waals surface area contributed by atoms with Crippen molar-refractivity contribution in [3.8, 4) is 0 Å². The summed E-state index contributed by atoms with van der Waals surface area (Å²) < 4.78 is 0. The number of carboxylic acid groups (broad SMARTS) is 1. The molecule has 1 N–H and O–H groups in total. The van der Waals surface area contributed by atoms with Gasteiger partial charge in [-0.25, -0.2) is 0 Å². The van der Waals surface area contributed by atoms with Crippen molar-refractivity contribution in [2.24, 2.45) is 0 Å². The SMILES string of the molecule is CCCCNC(C)C(=O)[O-].[K+]. The number of carboxylic acids is 1. The van der Waals surface area contributed by atoms with E-state index in [0.717, 1.165) is 19.4 Å². The van der Waals surface area contributed by atoms with Crippen molar-refractivity contribution in [3.63, 3.8) is 0 Å². The van der Waals surface area contributed by atoms with Crippen LogP contribution in [0, 0.1) is 0 Å². The van der Waals surface area contributed by atoms with E-state index in [1.54, 1.807) is 6.92 Å². The van der Waals surface area contributed by atoms with Gasteiger partial charge in [-0.15, -0.1) is 0 Å². The molecule has 0 aromatic carbocycles. The summed E-state index contributed by atoms with van der Waals surface area (Å²) in [5.41, 5.74) is 0. The zero-order valence-corrected chi connectivity index (χ0v) is 10.6. The number of carbonyl (C=O) groups is 1. The summed E-state index contributed by atoms with van der Waals surface area (Å²) in [5.74, 6) is -1.03. The van der Waals surface area contributed by atoms with E-state index in [0.29, 0.717) is 0 Å². The van der Waals surface area contributed by atoms with Crippen LogP contribution in [0.15, 0.2) is 0 Å². The fraction of sp³-hybridized carbons (Fsp3) is 0.857. The first-order chi connectivity index (χ1) is 4.68. The van der Waals surface area contributed by atoms with Gasteiger partial charge in [0.05, 0.1) is 5.97 Å². The number of hydrogen-bond donors (Lipinski definition) is 1. The molecule has 0 heterocycles. The van der Waals surface area contributed by atoms with Crippen LogP contribution in [0.25, 0.3) is 0 Å². The molecule has 0 aromatic rings. The molecule has 1 unspecified atom stereocenters. The number of unbranched alkanes of at least 4 members (excludes halogenated alkanes) is 1. The maximum Gasteiger partial charge on any atom is 1.00 e. The Hall–Kier alpha value is 1.07. The van der Waals surface area contributed by atoms with Crippen LogP contribution in [0.5, 0.6) is 0 Å². The molecular formula is C7H14KNO2. The minimum atomic E-state index is -1.03. The molecule has 0 rings (SSSR count). The molecule has 0 amide bonds. The van der Waals surface area contributed by atoms with Crippen molar-refractivity contribution in [2.75, 3.05) is 6.54 Å². The van der Waals surface area contributed by atoms with E-state index >= 15 is 0 Å². The van der Waals surface area contributed by atoms with Gasteiger partial charge in [0.15, 0.2) is 0 Å². The fourth-order valence-electron chi connectivity index (χ4n) is 0.579. The maximum atomic E-state index is 10.1. The van der Waals surface area contributed by atoms with Gasteiger partial charge in [-0.2, -0.15) is 0 Å². The molecule has 4 heteroatoms. The van der Waals surface area contributed by atoms with E-state index < -0.39 is 12.0 Å². The van der Waals surface area contributed by atoms with Crippen LogP contribution in [0.2, 0.25) is 0 Å². The van der Waals surface area contributed by atoms with Crippen LogP contribution < -0.4 is 61.8 Å². The van der Waals surface area contributed by atoms with Gasteiger partial charge in [0, 0.05) is 6.04 Å². The van der Waals surface area contributed by atoms with Crippen LogP contribution in [0.1, 0.15) is 26.7 Å². The molecule has 0 aliphatic carbocycles. The van der Waals surface area contributed by atoms with E-state index in [-0.39, 0.29) is 51.4 Å². The van der Waals surface area contributed by atoms with E-state index in [4.69, 9.17) is 0 Å². The standard InChI is InChI=1S/C7H15NO2.K/c1-3-4-5-8-6(2)7(9)10;/h6,8H,3-5H2,1-2H3,(H,9,10);/q;+1/p-1. The van der Waals surface area contributed by atoms with E-state index in [9.17, 15) is 9.90 Å². The second-order valence-electron chi connectivity index (χ2n) is 2.35. The molecule has 0 saturated carbocycles. The smallest absolute Gasteiger partial charge is 0.548 e. The normalized spacial score (nSPS) is 11.8. The number of carbonyl (C=O) groups excluding carboxylic acids is 1. The third-order valence-electron chi connectivity index (χ3n) is 1.33. The van der Waals surface area contributed by atoms with E-state index in [1.807, 2.05) is 0 Å². The fourth-order valence-corrected chi connectivity index (χ4v) is 0.579. The van der Waals surface area contributed by atoms with Crippen LogP contribution >= 0.6 is 0 Å². The molecule has 1 atom stereocenters. The molecule has 0 spiro atoms. The molecule has 0 radical (unpaired) electrons. The Morgan fingerprint density at radius 3 is 2.55 bits per heavy atom. The van der Waals surface area contributed by atoms with Crippen molar-refractivity contribution in [1.82, 2.24) is 5.32 Å². The Balaban J connectivity index is 0. The molecule has 0 aromatic heterocycles. The predicted octanol–water partition coefficient (Wildman–Crippen LogP) is -3.48. The van der Waals surface area contributed by atoms with Crippen molar-refractivity contribution in [2.45, 2.75) is 32.7 Å². The first kappa shape index (κ1) is 14.6. The minimum Gasteiger partial charge on any atom is -0.548 e. The van der Waals surface area contributed by atoms with Crippen LogP contribution in [-0.4, -0.2) is 18.6 Å². The molecule has 11 heavy (non-hydrogen) atoms. The van der Waals surface area contributed by atoms with E-state index in [1.165, 1.54) is 0 Å². The third kappa shape index (κ3) is 8.98. The molecule has 0 fully saturated rings. The second-order valence-corrected chi connectivity index (χ2v) is 2.35. The number of hydrogen-bond acceptors (Lipinski definition) is 3. The second kappa shape index (κ2) is 9.16. The average molecular weight is 183 g/mol. The number of rotatable bonds is 5. The summed E-state index contributed by atoms with van der Waals surface area (Å²) in [7, 11) is 0. The quantitative estimate of drug-likeness (QED) is 0.356. The van der Waals surface area contributed by atoms with Gasteiger partial charge in [0.25, 0.3) is 0 Å². The zero-order valence-electron chi connectivity index (χ0n) is 7.52. The van der Waals surface area contributed by atoms with Crippen molar-refractivity contribution < 1.29 is 61.3 Å². The summed E-state index contributed by atoms with van der Waals surface area (Å²) >= 11 is 0. The van der Waals surface area contributed by atoms with Crippen LogP contribution in [0.3, 0.4) is 0 Å². The third-order valence-corrected chi connectivity index (χ3v) is 1.33. The van der Waals surface area contributed by atoms with Gasteiger partial charge in [-0.05, 0) is 19.9 Å². The Labute approximate surface area is 110 Å². The molecule has 0 aliphatic rings. The molecule has 60 valence electrons. The van der Waals surface area contributed by atoms with Gasteiger partial charge < -0.3 is 15.2 Å². The Morgan fingerprint density at radius 1 is 1.64 bits per heavy atom. The Bertz CT molecular complexity index is 109. The van der Waals surface area contributed by atoms with E-state index in [2.05, 4.69) is 12.2 Å². The maximum absolute atomic E-state index is 10.1. The molecule has 0 aliphatic heterocycles. The van der Waals surface area contributed by atoms with Crippen molar-refractivity contribution in [1.29, 1.82) is 0 Å². The molecule has 0 bridgehead atoms. The Morgan fingerprint density at radius 2 is 2.18 bits per heavy atom. The van der Waals surface area contributed by atoms with Crippen molar-refractivity contribution in [3.05, 3.63) is 0 Å². The van der Waals surface area contributed by atoms with Crippen LogP contribution in [0.4, 0.5) is 0 Å². The summed E-state index contributed by atoms with van der Waals surface area (Å²) in [6, 6.07) is -0.522. The first-order valence-corrected chi connectivity index (χ1v) is 3.62. The van der Waals surface area contributed by atoms with Gasteiger partial charge in [0.2, 0.25) is 0 Å². The molecule has 0 saturated heterocycles. The van der Waals surface area contributed by atoms with Gasteiger partial charge >= 0.3 is 51.4 Å². The monoisotopic (exact) mass is 183 g/mol. The summed E-state index contributed by atoms with van der Waals surface area (Å²) in [5, 5.41) is 12.9. The van der Waals surface area contributed by atoms with Gasteiger partial charge in [0.1, 0.15) is 0 Å². The molecular weight excluding hydrogens is 169 g/mol. The first-order valence-electron chi connectivity index (χ1n) is 3.62. The summed E-state index contributed by atoms with van der Waals surface area (Å²) in [6.07, 6.45) is 2.09. The number of aliphatic carboxylic acids is 1. The molecule has 3 nitrogen and oxygen atoms in total. The predicted molar refractivity (Wildman–Crippen MR) is 37.4 cm³/mol. The van der Waals surface area contributed by atoms with Crippen molar-refractivity contribution >= 4 is 5.97 Å². The van der Waals surface area contributed by atoms with Gasteiger partial charge in [-0.1, -0.05) is 13.3 Å². The average Bonchev–Trinajstić information content (AvgIpc) is 1.88. The van der Waals surface area contributed by atoms with Gasteiger partial charge in [-0.3, -0.25) is 0 Å². The summed E-state index contributed by atoms with van der Waals surface area (Å²) in [4.78, 5) is 10.1. The number of nitrogens with one attached hydrogen (secondary N) is 1.